The largest absolute Gasteiger partial charge is 0.368 e. The molecule has 23 heavy (non-hydrogen) atoms. The highest BCUT2D eigenvalue weighted by molar-refractivity contribution is 6.33. The summed E-state index contributed by atoms with van der Waals surface area (Å²) in [4.78, 5) is 4.87. The van der Waals surface area contributed by atoms with Gasteiger partial charge in [0.05, 0.1) is 10.7 Å². The van der Waals surface area contributed by atoms with Crippen LogP contribution in [0, 0.1) is 6.92 Å². The fraction of sp³-hybridized carbons (Fsp3) is 0.368. The predicted octanol–water partition coefficient (Wildman–Crippen LogP) is 4.71. The lowest BCUT2D eigenvalue weighted by Crippen LogP contribution is -2.46. The zero-order chi connectivity index (χ0) is 16.2. The molecule has 0 radical (unpaired) electrons. The lowest BCUT2D eigenvalue weighted by Gasteiger charge is -2.36. The third-order valence-corrected chi connectivity index (χ3v) is 5.14. The van der Waals surface area contributed by atoms with Gasteiger partial charge in [0.2, 0.25) is 0 Å². The quantitative estimate of drug-likeness (QED) is 0.738. The molecule has 0 N–H and O–H groups in total. The molecule has 1 heterocycles. The second kappa shape index (κ2) is 7.57. The normalized spacial score (nSPS) is 15.9. The molecule has 0 spiro atoms. The molecule has 1 saturated heterocycles. The van der Waals surface area contributed by atoms with Crippen LogP contribution in [0.2, 0.25) is 5.02 Å². The van der Waals surface area contributed by atoms with E-state index in [0.29, 0.717) is 5.88 Å². The summed E-state index contributed by atoms with van der Waals surface area (Å²) < 4.78 is 0. The van der Waals surface area contributed by atoms with E-state index in [-0.39, 0.29) is 0 Å². The minimum absolute atomic E-state index is 0.583. The van der Waals surface area contributed by atoms with E-state index in [2.05, 4.69) is 41.0 Å². The van der Waals surface area contributed by atoms with Crippen molar-refractivity contribution in [2.24, 2.45) is 0 Å². The SMILES string of the molecule is Cc1ccc(CN2CCN(c3ccccc3Cl)CC2)cc1CCl. The number of para-hydroxylation sites is 1. The van der Waals surface area contributed by atoms with Crippen molar-refractivity contribution in [3.8, 4) is 0 Å². The van der Waals surface area contributed by atoms with E-state index in [1.54, 1.807) is 0 Å². The molecule has 0 saturated carbocycles. The van der Waals surface area contributed by atoms with E-state index in [9.17, 15) is 0 Å². The first-order valence-electron chi connectivity index (χ1n) is 8.03. The average Bonchev–Trinajstić information content (AvgIpc) is 2.58. The van der Waals surface area contributed by atoms with Crippen molar-refractivity contribution >= 4 is 28.9 Å². The maximum absolute atomic E-state index is 6.30. The zero-order valence-electron chi connectivity index (χ0n) is 13.4. The van der Waals surface area contributed by atoms with Gasteiger partial charge in [0.15, 0.2) is 0 Å². The van der Waals surface area contributed by atoms with Crippen LogP contribution in [0.15, 0.2) is 42.5 Å². The number of halogens is 2. The highest BCUT2D eigenvalue weighted by atomic mass is 35.5. The molecular formula is C19H22Cl2N2. The minimum atomic E-state index is 0.583. The fourth-order valence-corrected chi connectivity index (χ4v) is 3.62. The van der Waals surface area contributed by atoms with Crippen LogP contribution in [0.1, 0.15) is 16.7 Å². The topological polar surface area (TPSA) is 6.48 Å². The maximum atomic E-state index is 6.30. The zero-order valence-corrected chi connectivity index (χ0v) is 14.9. The first kappa shape index (κ1) is 16.6. The van der Waals surface area contributed by atoms with E-state index < -0.39 is 0 Å². The van der Waals surface area contributed by atoms with Gasteiger partial charge in [-0.25, -0.2) is 0 Å². The van der Waals surface area contributed by atoms with Crippen molar-refractivity contribution < 1.29 is 0 Å². The summed E-state index contributed by atoms with van der Waals surface area (Å²) in [6.07, 6.45) is 0. The van der Waals surface area contributed by atoms with Crippen LogP contribution in [0.4, 0.5) is 5.69 Å². The van der Waals surface area contributed by atoms with Crippen molar-refractivity contribution in [2.45, 2.75) is 19.3 Å². The Kier molecular flexibility index (Phi) is 5.47. The Hall–Kier alpha value is -1.22. The summed E-state index contributed by atoms with van der Waals surface area (Å²) in [5.41, 5.74) is 5.00. The van der Waals surface area contributed by atoms with Gasteiger partial charge in [0.1, 0.15) is 0 Å². The first-order valence-corrected chi connectivity index (χ1v) is 8.95. The Labute approximate surface area is 148 Å². The third kappa shape index (κ3) is 4.00. The number of benzene rings is 2. The average molecular weight is 349 g/mol. The molecule has 2 aromatic rings. The molecule has 0 aliphatic carbocycles. The summed E-state index contributed by atoms with van der Waals surface area (Å²) in [6, 6.07) is 14.7. The highest BCUT2D eigenvalue weighted by Crippen LogP contribution is 2.26. The molecule has 122 valence electrons. The summed E-state index contributed by atoms with van der Waals surface area (Å²) in [7, 11) is 0. The number of piperazine rings is 1. The Morgan fingerprint density at radius 1 is 1.00 bits per heavy atom. The van der Waals surface area contributed by atoms with Crippen molar-refractivity contribution in [3.63, 3.8) is 0 Å². The fourth-order valence-electron chi connectivity index (χ4n) is 3.08. The molecule has 0 unspecified atom stereocenters. The number of anilines is 1. The molecule has 1 aliphatic heterocycles. The Morgan fingerprint density at radius 3 is 2.43 bits per heavy atom. The monoisotopic (exact) mass is 348 g/mol. The van der Waals surface area contributed by atoms with Gasteiger partial charge >= 0.3 is 0 Å². The number of hydrogen-bond donors (Lipinski definition) is 0. The lowest BCUT2D eigenvalue weighted by atomic mass is 10.1. The van der Waals surface area contributed by atoms with Gasteiger partial charge in [0.25, 0.3) is 0 Å². The Balaban J connectivity index is 1.60. The van der Waals surface area contributed by atoms with Crippen molar-refractivity contribution in [2.75, 3.05) is 31.1 Å². The predicted molar refractivity (Wildman–Crippen MR) is 99.7 cm³/mol. The number of aryl methyl sites for hydroxylation is 1. The molecule has 1 aliphatic rings. The van der Waals surface area contributed by atoms with Crippen LogP contribution >= 0.6 is 23.2 Å². The van der Waals surface area contributed by atoms with Gasteiger partial charge < -0.3 is 4.90 Å². The van der Waals surface area contributed by atoms with Crippen molar-refractivity contribution in [1.82, 2.24) is 4.90 Å². The van der Waals surface area contributed by atoms with Gasteiger partial charge in [-0.05, 0) is 35.7 Å². The first-order chi connectivity index (χ1) is 11.2. The summed E-state index contributed by atoms with van der Waals surface area (Å²) in [5, 5.41) is 0.839. The van der Waals surface area contributed by atoms with E-state index in [1.807, 2.05) is 18.2 Å². The van der Waals surface area contributed by atoms with Gasteiger partial charge in [-0.1, -0.05) is 41.9 Å². The van der Waals surface area contributed by atoms with E-state index in [4.69, 9.17) is 23.2 Å². The standard InChI is InChI=1S/C19H22Cl2N2/c1-15-6-7-16(12-17(15)13-20)14-22-8-10-23(11-9-22)19-5-3-2-4-18(19)21/h2-7,12H,8-11,13-14H2,1H3. The lowest BCUT2D eigenvalue weighted by molar-refractivity contribution is 0.250. The highest BCUT2D eigenvalue weighted by Gasteiger charge is 2.18. The third-order valence-electron chi connectivity index (χ3n) is 4.53. The van der Waals surface area contributed by atoms with Crippen LogP contribution in [0.3, 0.4) is 0 Å². The van der Waals surface area contributed by atoms with Crippen LogP contribution < -0.4 is 4.90 Å². The van der Waals surface area contributed by atoms with Crippen LogP contribution in [-0.2, 0) is 12.4 Å². The second-order valence-electron chi connectivity index (χ2n) is 6.11. The molecule has 0 bridgehead atoms. The molecule has 0 atom stereocenters. The summed E-state index contributed by atoms with van der Waals surface area (Å²) in [6.45, 7) is 7.23. The Bertz CT molecular complexity index is 664. The molecule has 2 nitrogen and oxygen atoms in total. The van der Waals surface area contributed by atoms with Gasteiger partial charge in [0, 0.05) is 38.6 Å². The molecule has 3 rings (SSSR count). The second-order valence-corrected chi connectivity index (χ2v) is 6.78. The van der Waals surface area contributed by atoms with Gasteiger partial charge in [-0.3, -0.25) is 4.90 Å². The molecule has 2 aromatic carbocycles. The maximum Gasteiger partial charge on any atom is 0.0639 e. The molecule has 4 heteroatoms. The summed E-state index contributed by atoms with van der Waals surface area (Å²) in [5.74, 6) is 0.583. The van der Waals surface area contributed by atoms with Crippen LogP contribution in [0.5, 0.6) is 0 Å². The number of nitrogens with zero attached hydrogens (tertiary/aromatic N) is 2. The van der Waals surface area contributed by atoms with E-state index in [1.165, 1.54) is 16.7 Å². The molecule has 1 fully saturated rings. The van der Waals surface area contributed by atoms with Crippen molar-refractivity contribution in [3.05, 3.63) is 64.2 Å². The Morgan fingerprint density at radius 2 is 1.74 bits per heavy atom. The number of hydrogen-bond acceptors (Lipinski definition) is 2. The smallest absolute Gasteiger partial charge is 0.0639 e. The van der Waals surface area contributed by atoms with Crippen LogP contribution in [0.25, 0.3) is 0 Å². The van der Waals surface area contributed by atoms with Crippen LogP contribution in [-0.4, -0.2) is 31.1 Å². The molecule has 0 amide bonds. The number of rotatable bonds is 4. The molecular weight excluding hydrogens is 327 g/mol. The van der Waals surface area contributed by atoms with E-state index >= 15 is 0 Å². The van der Waals surface area contributed by atoms with E-state index in [0.717, 1.165) is 43.4 Å². The molecule has 0 aromatic heterocycles. The van der Waals surface area contributed by atoms with Gasteiger partial charge in [-0.2, -0.15) is 0 Å². The summed E-state index contributed by atoms with van der Waals surface area (Å²) >= 11 is 12.3. The van der Waals surface area contributed by atoms with Gasteiger partial charge in [-0.15, -0.1) is 11.6 Å². The number of alkyl halides is 1. The minimum Gasteiger partial charge on any atom is -0.368 e. The van der Waals surface area contributed by atoms with Crippen molar-refractivity contribution in [1.29, 1.82) is 0 Å².